The van der Waals surface area contributed by atoms with Gasteiger partial charge in [-0.15, -0.1) is 16.8 Å². The second-order valence-corrected chi connectivity index (χ2v) is 9.58. The summed E-state index contributed by atoms with van der Waals surface area (Å²) in [5, 5.41) is 15.1. The molecule has 2 N–H and O–H groups in total. The molecule has 0 aliphatic rings. The van der Waals surface area contributed by atoms with E-state index in [0.29, 0.717) is 23.4 Å². The molecule has 36 heavy (non-hydrogen) atoms. The number of allylic oxidation sites excluding steroid dienone is 1. The van der Waals surface area contributed by atoms with Gasteiger partial charge in [0.15, 0.2) is 11.0 Å². The number of nitrogens with zero attached hydrogens (tertiary/aromatic N) is 3. The van der Waals surface area contributed by atoms with Gasteiger partial charge in [-0.1, -0.05) is 62.0 Å². The zero-order valence-corrected chi connectivity index (χ0v) is 22.0. The molecule has 0 unspecified atom stereocenters. The van der Waals surface area contributed by atoms with E-state index in [1.165, 1.54) is 11.8 Å². The molecule has 0 radical (unpaired) electrons. The number of aromatic nitrogens is 3. The Kier molecular flexibility index (Phi) is 9.69. The number of ether oxygens (including phenoxy) is 1. The lowest BCUT2D eigenvalue weighted by Gasteiger charge is -2.16. The highest BCUT2D eigenvalue weighted by Gasteiger charge is 2.20. The molecular weight excluding hydrogens is 474 g/mol. The maximum atomic E-state index is 12.7. The Bertz CT molecular complexity index is 1190. The average Bonchev–Trinajstić information content (AvgIpc) is 3.26. The van der Waals surface area contributed by atoms with Crippen LogP contribution in [0.15, 0.2) is 66.3 Å². The lowest BCUT2D eigenvalue weighted by Crippen LogP contribution is -2.30. The molecule has 8 nitrogen and oxygen atoms in total. The molecule has 9 heteroatoms. The first kappa shape index (κ1) is 27.0. The molecule has 0 spiro atoms. The molecule has 0 saturated heterocycles. The van der Waals surface area contributed by atoms with Crippen molar-refractivity contribution in [2.24, 2.45) is 0 Å². The fourth-order valence-electron chi connectivity index (χ4n) is 3.74. The van der Waals surface area contributed by atoms with Crippen molar-refractivity contribution in [3.8, 4) is 5.75 Å². The summed E-state index contributed by atoms with van der Waals surface area (Å²) in [5.74, 6) is 1.58. The van der Waals surface area contributed by atoms with Crippen LogP contribution in [-0.2, 0) is 22.6 Å². The number of thioether (sulfide) groups is 1. The van der Waals surface area contributed by atoms with Crippen LogP contribution in [0, 0.1) is 0 Å². The molecule has 190 valence electrons. The van der Waals surface area contributed by atoms with E-state index in [9.17, 15) is 9.59 Å². The van der Waals surface area contributed by atoms with Gasteiger partial charge in [-0.2, -0.15) is 0 Å². The summed E-state index contributed by atoms with van der Waals surface area (Å²) in [7, 11) is 1.60. The Labute approximate surface area is 216 Å². The molecule has 0 saturated carbocycles. The van der Waals surface area contributed by atoms with E-state index >= 15 is 0 Å². The monoisotopic (exact) mass is 507 g/mol. The zero-order valence-electron chi connectivity index (χ0n) is 21.2. The van der Waals surface area contributed by atoms with Gasteiger partial charge in [0.1, 0.15) is 5.75 Å². The van der Waals surface area contributed by atoms with E-state index in [1.807, 2.05) is 60.0 Å². The Hall–Kier alpha value is -3.59. The summed E-state index contributed by atoms with van der Waals surface area (Å²) in [6.07, 6.45) is 1.98. The molecule has 3 rings (SSSR count). The molecule has 0 aliphatic heterocycles. The van der Waals surface area contributed by atoms with Crippen molar-refractivity contribution in [1.29, 1.82) is 0 Å². The Morgan fingerprint density at radius 2 is 1.81 bits per heavy atom. The summed E-state index contributed by atoms with van der Waals surface area (Å²) in [6, 6.07) is 14.8. The number of hydrogen-bond donors (Lipinski definition) is 2. The van der Waals surface area contributed by atoms with Gasteiger partial charge in [0.05, 0.1) is 25.3 Å². The summed E-state index contributed by atoms with van der Waals surface area (Å²) in [6.45, 7) is 10.3. The quantitative estimate of drug-likeness (QED) is 0.271. The maximum absolute atomic E-state index is 12.7. The minimum Gasteiger partial charge on any atom is -0.497 e. The lowest BCUT2D eigenvalue weighted by molar-refractivity contribution is -0.121. The highest BCUT2D eigenvalue weighted by Crippen LogP contribution is 2.25. The third-order valence-corrected chi connectivity index (χ3v) is 6.50. The largest absolute Gasteiger partial charge is 0.497 e. The number of anilines is 1. The predicted molar refractivity (Wildman–Crippen MR) is 143 cm³/mol. The van der Waals surface area contributed by atoms with Crippen molar-refractivity contribution in [2.75, 3.05) is 18.2 Å². The molecule has 1 heterocycles. The van der Waals surface area contributed by atoms with Crippen LogP contribution >= 0.6 is 11.8 Å². The third kappa shape index (κ3) is 7.21. The Morgan fingerprint density at radius 3 is 2.47 bits per heavy atom. The number of hydrogen-bond acceptors (Lipinski definition) is 6. The number of carbonyl (C=O) groups excluding carboxylic acids is 2. The molecule has 0 bridgehead atoms. The smallest absolute Gasteiger partial charge is 0.234 e. The SMILES string of the molecule is C=CCn1c(SCC(=O)Nc2ccccc2C(C)C)nnc1[C@H](C)NC(=O)Cc1ccc(OC)cc1. The van der Waals surface area contributed by atoms with Gasteiger partial charge >= 0.3 is 0 Å². The van der Waals surface area contributed by atoms with Crippen LogP contribution in [0.3, 0.4) is 0 Å². The van der Waals surface area contributed by atoms with Crippen molar-refractivity contribution < 1.29 is 14.3 Å². The molecule has 1 atom stereocenters. The van der Waals surface area contributed by atoms with Crippen LogP contribution in [0.1, 0.15) is 49.7 Å². The number of amides is 2. The van der Waals surface area contributed by atoms with Gasteiger partial charge in [0.2, 0.25) is 11.8 Å². The first-order valence-corrected chi connectivity index (χ1v) is 12.8. The van der Waals surface area contributed by atoms with E-state index in [2.05, 4.69) is 41.3 Å². The first-order chi connectivity index (χ1) is 17.3. The van der Waals surface area contributed by atoms with Crippen molar-refractivity contribution >= 4 is 29.3 Å². The van der Waals surface area contributed by atoms with Gasteiger partial charge < -0.3 is 19.9 Å². The molecule has 0 aliphatic carbocycles. The van der Waals surface area contributed by atoms with Crippen LogP contribution < -0.4 is 15.4 Å². The van der Waals surface area contributed by atoms with E-state index in [0.717, 1.165) is 22.6 Å². The number of para-hydroxylation sites is 1. The lowest BCUT2D eigenvalue weighted by atomic mass is 10.0. The van der Waals surface area contributed by atoms with E-state index in [4.69, 9.17) is 4.74 Å². The van der Waals surface area contributed by atoms with Crippen molar-refractivity contribution in [2.45, 2.75) is 50.9 Å². The summed E-state index contributed by atoms with van der Waals surface area (Å²) in [4.78, 5) is 25.3. The van der Waals surface area contributed by atoms with Gasteiger partial charge in [-0.25, -0.2) is 0 Å². The second kappa shape index (κ2) is 12.9. The number of benzene rings is 2. The van der Waals surface area contributed by atoms with E-state index in [-0.39, 0.29) is 30.0 Å². The number of methoxy groups -OCH3 is 1. The van der Waals surface area contributed by atoms with Crippen LogP contribution in [0.5, 0.6) is 5.75 Å². The molecular formula is C27H33N5O3S. The van der Waals surface area contributed by atoms with Crippen molar-refractivity contribution in [3.05, 3.63) is 78.1 Å². The second-order valence-electron chi connectivity index (χ2n) is 8.63. The maximum Gasteiger partial charge on any atom is 0.234 e. The van der Waals surface area contributed by atoms with Gasteiger partial charge in [0.25, 0.3) is 0 Å². The molecule has 2 aromatic carbocycles. The number of rotatable bonds is 12. The molecule has 0 fully saturated rings. The van der Waals surface area contributed by atoms with E-state index in [1.54, 1.807) is 13.2 Å². The van der Waals surface area contributed by atoms with Gasteiger partial charge in [-0.3, -0.25) is 9.59 Å². The van der Waals surface area contributed by atoms with E-state index < -0.39 is 0 Å². The van der Waals surface area contributed by atoms with Crippen molar-refractivity contribution in [1.82, 2.24) is 20.1 Å². The van der Waals surface area contributed by atoms with Crippen LogP contribution in [-0.4, -0.2) is 39.4 Å². The third-order valence-electron chi connectivity index (χ3n) is 5.53. The highest BCUT2D eigenvalue weighted by atomic mass is 32.2. The zero-order chi connectivity index (χ0) is 26.1. The number of nitrogens with one attached hydrogen (secondary N) is 2. The Morgan fingerprint density at radius 1 is 1.08 bits per heavy atom. The van der Waals surface area contributed by atoms with Gasteiger partial charge in [0, 0.05) is 12.2 Å². The summed E-state index contributed by atoms with van der Waals surface area (Å²) in [5.41, 5.74) is 2.79. The van der Waals surface area contributed by atoms with Crippen LogP contribution in [0.2, 0.25) is 0 Å². The normalized spacial score (nSPS) is 11.7. The fourth-order valence-corrected chi connectivity index (χ4v) is 4.50. The average molecular weight is 508 g/mol. The number of carbonyl (C=O) groups is 2. The molecule has 2 amide bonds. The van der Waals surface area contributed by atoms with Crippen LogP contribution in [0.4, 0.5) is 5.69 Å². The minimum atomic E-state index is -0.371. The predicted octanol–water partition coefficient (Wildman–Crippen LogP) is 4.75. The highest BCUT2D eigenvalue weighted by molar-refractivity contribution is 7.99. The Balaban J connectivity index is 1.62. The molecule has 3 aromatic rings. The van der Waals surface area contributed by atoms with Gasteiger partial charge in [-0.05, 0) is 42.2 Å². The fraction of sp³-hybridized carbons (Fsp3) is 0.333. The minimum absolute atomic E-state index is 0.122. The summed E-state index contributed by atoms with van der Waals surface area (Å²) < 4.78 is 7.03. The first-order valence-electron chi connectivity index (χ1n) is 11.8. The van der Waals surface area contributed by atoms with Crippen LogP contribution in [0.25, 0.3) is 0 Å². The summed E-state index contributed by atoms with van der Waals surface area (Å²) >= 11 is 1.30. The topological polar surface area (TPSA) is 98.1 Å². The standard InChI is InChI=1S/C27H33N5O3S/c1-6-15-32-26(19(4)28-24(33)16-20-11-13-21(35-5)14-12-20)30-31-27(32)36-17-25(34)29-23-10-8-7-9-22(23)18(2)3/h6-14,18-19H,1,15-17H2,2-5H3,(H,28,33)(H,29,34)/t19-/m0/s1. The molecule has 1 aromatic heterocycles. The van der Waals surface area contributed by atoms with Crippen molar-refractivity contribution in [3.63, 3.8) is 0 Å².